The predicted molar refractivity (Wildman–Crippen MR) is 90.4 cm³/mol. The molecule has 1 aliphatic rings. The molecule has 2 rings (SSSR count). The van der Waals surface area contributed by atoms with Gasteiger partial charge < -0.3 is 20.5 Å². The van der Waals surface area contributed by atoms with E-state index in [4.69, 9.17) is 5.11 Å². The highest BCUT2D eigenvalue weighted by Gasteiger charge is 2.27. The average molecular weight is 333 g/mol. The van der Waals surface area contributed by atoms with Crippen LogP contribution in [0, 0.1) is 5.92 Å². The van der Waals surface area contributed by atoms with Gasteiger partial charge in [0.05, 0.1) is 11.5 Å². The minimum absolute atomic E-state index is 0.132. The first-order valence-corrected chi connectivity index (χ1v) is 8.43. The molecule has 1 saturated carbocycles. The Hall–Kier alpha value is -1.86. The topological polar surface area (TPSA) is 107 Å². The van der Waals surface area contributed by atoms with Crippen molar-refractivity contribution in [1.29, 1.82) is 0 Å². The zero-order valence-electron chi connectivity index (χ0n) is 13.6. The number of carbonyl (C=O) groups excluding carboxylic acids is 1. The summed E-state index contributed by atoms with van der Waals surface area (Å²) >= 11 is 0. The van der Waals surface area contributed by atoms with Crippen LogP contribution in [0.3, 0.4) is 0 Å². The predicted octanol–water partition coefficient (Wildman–Crippen LogP) is 1.39. The minimum atomic E-state index is -1.70. The molecule has 1 amide bonds. The van der Waals surface area contributed by atoms with Crippen LogP contribution in [0.5, 0.6) is 0 Å². The second kappa shape index (κ2) is 8.85. The van der Waals surface area contributed by atoms with Crippen LogP contribution < -0.4 is 5.32 Å². The van der Waals surface area contributed by atoms with Crippen molar-refractivity contribution in [2.24, 2.45) is 5.92 Å². The van der Waals surface area contributed by atoms with E-state index in [-0.39, 0.29) is 17.9 Å². The Morgan fingerprint density at radius 2 is 1.92 bits per heavy atom. The van der Waals surface area contributed by atoms with Crippen LogP contribution in [0.4, 0.5) is 0 Å². The summed E-state index contributed by atoms with van der Waals surface area (Å²) in [5.74, 6) is -1.72. The summed E-state index contributed by atoms with van der Waals surface area (Å²) in [6.07, 6.45) is 6.16. The highest BCUT2D eigenvalue weighted by Crippen LogP contribution is 2.26. The molecular weight excluding hydrogens is 309 g/mol. The van der Waals surface area contributed by atoms with Crippen molar-refractivity contribution in [3.63, 3.8) is 0 Å². The fourth-order valence-corrected chi connectivity index (χ4v) is 3.24. The van der Waals surface area contributed by atoms with Gasteiger partial charge in [0, 0.05) is 6.42 Å². The Kier molecular flexibility index (Phi) is 6.81. The molecule has 0 heterocycles. The molecular formula is C17H24BNO5. The first-order valence-electron chi connectivity index (χ1n) is 8.43. The van der Waals surface area contributed by atoms with Gasteiger partial charge in [0.2, 0.25) is 5.91 Å². The Morgan fingerprint density at radius 1 is 1.21 bits per heavy atom. The number of carbonyl (C=O) groups is 2. The number of aromatic carboxylic acids is 1. The molecule has 1 aromatic carbocycles. The molecule has 0 spiro atoms. The lowest BCUT2D eigenvalue weighted by Crippen LogP contribution is -2.48. The van der Waals surface area contributed by atoms with Gasteiger partial charge in [0.1, 0.15) is 0 Å². The highest BCUT2D eigenvalue weighted by atomic mass is 16.4. The van der Waals surface area contributed by atoms with Gasteiger partial charge in [-0.1, -0.05) is 31.4 Å². The molecule has 1 aromatic rings. The van der Waals surface area contributed by atoms with E-state index >= 15 is 0 Å². The highest BCUT2D eigenvalue weighted by molar-refractivity contribution is 6.43. The molecule has 1 fully saturated rings. The maximum atomic E-state index is 12.2. The van der Waals surface area contributed by atoms with Gasteiger partial charge in [-0.25, -0.2) is 4.79 Å². The maximum Gasteiger partial charge on any atom is 0.475 e. The van der Waals surface area contributed by atoms with E-state index in [0.717, 1.165) is 25.7 Å². The third kappa shape index (κ3) is 5.65. The van der Waals surface area contributed by atoms with Crippen LogP contribution in [0.2, 0.25) is 0 Å². The van der Waals surface area contributed by atoms with Crippen molar-refractivity contribution in [3.8, 4) is 0 Å². The number of hydrogen-bond acceptors (Lipinski definition) is 4. The van der Waals surface area contributed by atoms with Gasteiger partial charge in [-0.3, -0.25) is 4.79 Å². The normalized spacial score (nSPS) is 16.4. The Bertz CT molecular complexity index is 572. The van der Waals surface area contributed by atoms with Crippen LogP contribution in [0.15, 0.2) is 24.3 Å². The van der Waals surface area contributed by atoms with E-state index in [2.05, 4.69) is 5.32 Å². The van der Waals surface area contributed by atoms with Gasteiger partial charge >= 0.3 is 13.1 Å². The number of carboxylic acids is 1. The van der Waals surface area contributed by atoms with Gasteiger partial charge in [0.25, 0.3) is 0 Å². The molecule has 6 nitrogen and oxygen atoms in total. The van der Waals surface area contributed by atoms with Crippen molar-refractivity contribution < 1.29 is 24.7 Å². The lowest BCUT2D eigenvalue weighted by atomic mass is 9.75. The third-order valence-corrected chi connectivity index (χ3v) is 4.53. The molecule has 24 heavy (non-hydrogen) atoms. The van der Waals surface area contributed by atoms with Crippen molar-refractivity contribution in [1.82, 2.24) is 5.32 Å². The van der Waals surface area contributed by atoms with E-state index in [1.165, 1.54) is 18.6 Å². The smallest absolute Gasteiger partial charge is 0.475 e. The molecule has 130 valence electrons. The molecule has 4 N–H and O–H groups in total. The number of hydrogen-bond donors (Lipinski definition) is 4. The SMILES string of the molecule is O=C(CC1CCCCC1)NC(Cc1cccc(C(=O)O)c1)B(O)O. The minimum Gasteiger partial charge on any atom is -0.478 e. The Labute approximate surface area is 142 Å². The fraction of sp³-hybridized carbons (Fsp3) is 0.529. The summed E-state index contributed by atoms with van der Waals surface area (Å²) in [4.78, 5) is 23.2. The Balaban J connectivity index is 1.94. The monoisotopic (exact) mass is 333 g/mol. The molecule has 1 aliphatic carbocycles. The van der Waals surface area contributed by atoms with E-state index in [1.807, 2.05) is 0 Å². The first kappa shape index (κ1) is 18.5. The first-order chi connectivity index (χ1) is 11.5. The standard InChI is InChI=1S/C17H24BNO5/c20-16(11-12-5-2-1-3-6-12)19-15(18(23)24)10-13-7-4-8-14(9-13)17(21)22/h4,7-9,12,15,23-24H,1-3,5-6,10-11H2,(H,19,20)(H,21,22). The largest absolute Gasteiger partial charge is 0.478 e. The molecule has 0 aromatic heterocycles. The molecule has 7 heteroatoms. The number of rotatable bonds is 7. The maximum absolute atomic E-state index is 12.2. The molecule has 1 unspecified atom stereocenters. The van der Waals surface area contributed by atoms with E-state index in [9.17, 15) is 19.6 Å². The fourth-order valence-electron chi connectivity index (χ4n) is 3.24. The summed E-state index contributed by atoms with van der Waals surface area (Å²) in [7, 11) is -1.70. The van der Waals surface area contributed by atoms with Crippen LogP contribution in [0.25, 0.3) is 0 Å². The van der Waals surface area contributed by atoms with Crippen LogP contribution >= 0.6 is 0 Å². The summed E-state index contributed by atoms with van der Waals surface area (Å²) in [6.45, 7) is 0. The van der Waals surface area contributed by atoms with Crippen molar-refractivity contribution in [3.05, 3.63) is 35.4 Å². The zero-order chi connectivity index (χ0) is 17.5. The number of nitrogens with one attached hydrogen (secondary N) is 1. The quantitative estimate of drug-likeness (QED) is 0.564. The summed E-state index contributed by atoms with van der Waals surface area (Å²) < 4.78 is 0. The molecule has 0 bridgehead atoms. The number of benzene rings is 1. The average Bonchev–Trinajstić information content (AvgIpc) is 2.55. The van der Waals surface area contributed by atoms with Crippen molar-refractivity contribution in [2.45, 2.75) is 50.9 Å². The van der Waals surface area contributed by atoms with E-state index < -0.39 is 19.0 Å². The second-order valence-electron chi connectivity index (χ2n) is 6.51. The Morgan fingerprint density at radius 3 is 2.54 bits per heavy atom. The number of amides is 1. The lowest BCUT2D eigenvalue weighted by Gasteiger charge is -2.23. The van der Waals surface area contributed by atoms with Crippen LogP contribution in [-0.2, 0) is 11.2 Å². The van der Waals surface area contributed by atoms with Gasteiger partial charge in [-0.05, 0) is 42.9 Å². The zero-order valence-corrected chi connectivity index (χ0v) is 13.6. The molecule has 0 aliphatic heterocycles. The number of carboxylic acid groups (broad SMARTS) is 1. The second-order valence-corrected chi connectivity index (χ2v) is 6.51. The summed E-state index contributed by atoms with van der Waals surface area (Å²) in [5.41, 5.74) is 0.762. The van der Waals surface area contributed by atoms with Crippen LogP contribution in [0.1, 0.15) is 54.4 Å². The molecule has 0 radical (unpaired) electrons. The van der Waals surface area contributed by atoms with Crippen molar-refractivity contribution in [2.75, 3.05) is 0 Å². The summed E-state index contributed by atoms with van der Waals surface area (Å²) in [5, 5.41) is 30.7. The van der Waals surface area contributed by atoms with E-state index in [1.54, 1.807) is 12.1 Å². The molecule has 0 saturated heterocycles. The van der Waals surface area contributed by atoms with Gasteiger partial charge in [-0.2, -0.15) is 0 Å². The van der Waals surface area contributed by atoms with Gasteiger partial charge in [-0.15, -0.1) is 0 Å². The van der Waals surface area contributed by atoms with Crippen LogP contribution in [-0.4, -0.2) is 40.1 Å². The van der Waals surface area contributed by atoms with Crippen molar-refractivity contribution >= 4 is 19.0 Å². The summed E-state index contributed by atoms with van der Waals surface area (Å²) in [6, 6.07) is 6.25. The van der Waals surface area contributed by atoms with E-state index in [0.29, 0.717) is 17.9 Å². The third-order valence-electron chi connectivity index (χ3n) is 4.53. The van der Waals surface area contributed by atoms with Gasteiger partial charge in [0.15, 0.2) is 0 Å². The lowest BCUT2D eigenvalue weighted by molar-refractivity contribution is -0.122. The molecule has 1 atom stereocenters.